The van der Waals surface area contributed by atoms with Crippen molar-refractivity contribution in [2.24, 2.45) is 0 Å². The second-order valence-electron chi connectivity index (χ2n) is 8.35. The van der Waals surface area contributed by atoms with Crippen LogP contribution < -0.4 is 27.2 Å². The summed E-state index contributed by atoms with van der Waals surface area (Å²) >= 11 is 0. The molecule has 1 aliphatic heterocycles. The third kappa shape index (κ3) is 6.52. The molecule has 1 saturated heterocycles. The minimum Gasteiger partial charge on any atom is -0.466 e. The standard InChI is InChI=1S/C24H32N6O6/c1-3-35-18(31)10-9-17(23(34)36-4-2)27-21(32)14-5-7-16(8-6-14)30-12-11-15(13-30)19-20(25)28-24(26)29-22(19)33/h5-8,15,17H,3-4,9-13H2,1-2H3,(H,27,32)(H5,25,26,28,29,33). The third-order valence-electron chi connectivity index (χ3n) is 5.91. The molecule has 0 radical (unpaired) electrons. The molecule has 0 saturated carbocycles. The van der Waals surface area contributed by atoms with E-state index in [0.717, 1.165) is 5.69 Å². The number of nitrogens with two attached hydrogens (primary N) is 2. The van der Waals surface area contributed by atoms with Crippen LogP contribution in [0.5, 0.6) is 0 Å². The van der Waals surface area contributed by atoms with Gasteiger partial charge in [-0.05, 0) is 51.0 Å². The van der Waals surface area contributed by atoms with E-state index in [4.69, 9.17) is 20.9 Å². The zero-order chi connectivity index (χ0) is 26.2. The lowest BCUT2D eigenvalue weighted by molar-refractivity contribution is -0.146. The van der Waals surface area contributed by atoms with Crippen molar-refractivity contribution in [3.05, 3.63) is 45.7 Å². The fourth-order valence-corrected chi connectivity index (χ4v) is 4.20. The molecule has 0 bridgehead atoms. The number of nitrogens with zero attached hydrogens (tertiary/aromatic N) is 2. The topological polar surface area (TPSA) is 183 Å². The molecule has 2 heterocycles. The Kier molecular flexibility index (Phi) is 8.87. The molecule has 1 aliphatic rings. The van der Waals surface area contributed by atoms with Gasteiger partial charge >= 0.3 is 11.9 Å². The number of carbonyl (C=O) groups is 3. The lowest BCUT2D eigenvalue weighted by Gasteiger charge is -2.20. The first-order valence-electron chi connectivity index (χ1n) is 11.9. The van der Waals surface area contributed by atoms with Crippen molar-refractivity contribution in [3.63, 3.8) is 0 Å². The van der Waals surface area contributed by atoms with Gasteiger partial charge in [0.05, 0.1) is 18.8 Å². The number of ether oxygens (including phenoxy) is 2. The van der Waals surface area contributed by atoms with E-state index in [9.17, 15) is 19.2 Å². The van der Waals surface area contributed by atoms with E-state index >= 15 is 0 Å². The van der Waals surface area contributed by atoms with Gasteiger partial charge < -0.3 is 31.2 Å². The van der Waals surface area contributed by atoms with Crippen LogP contribution in [0.15, 0.2) is 29.1 Å². The number of esters is 2. The molecule has 0 aliphatic carbocycles. The number of aromatic amines is 1. The summed E-state index contributed by atoms with van der Waals surface area (Å²) in [5.41, 5.74) is 12.8. The minimum absolute atomic E-state index is 0.0175. The quantitative estimate of drug-likeness (QED) is 0.342. The van der Waals surface area contributed by atoms with Crippen LogP contribution in [0.2, 0.25) is 0 Å². The monoisotopic (exact) mass is 500 g/mol. The van der Waals surface area contributed by atoms with Crippen LogP contribution in [0, 0.1) is 0 Å². The molecular weight excluding hydrogens is 468 g/mol. The Labute approximate surface area is 208 Å². The summed E-state index contributed by atoms with van der Waals surface area (Å²) in [5, 5.41) is 2.65. The molecule has 36 heavy (non-hydrogen) atoms. The van der Waals surface area contributed by atoms with E-state index in [1.807, 2.05) is 0 Å². The van der Waals surface area contributed by atoms with Crippen molar-refractivity contribution in [1.29, 1.82) is 0 Å². The Bertz CT molecular complexity index is 1150. The van der Waals surface area contributed by atoms with E-state index in [-0.39, 0.29) is 49.3 Å². The maximum Gasteiger partial charge on any atom is 0.328 e. The number of H-pyrrole nitrogens is 1. The highest BCUT2D eigenvalue weighted by atomic mass is 16.5. The first-order chi connectivity index (χ1) is 17.2. The summed E-state index contributed by atoms with van der Waals surface area (Å²) in [6.45, 7) is 5.00. The molecule has 6 N–H and O–H groups in total. The van der Waals surface area contributed by atoms with Gasteiger partial charge in [-0.25, -0.2) is 4.79 Å². The Morgan fingerprint density at radius 1 is 1.17 bits per heavy atom. The fourth-order valence-electron chi connectivity index (χ4n) is 4.20. The van der Waals surface area contributed by atoms with Crippen LogP contribution in [-0.2, 0) is 19.1 Å². The molecule has 3 rings (SSSR count). The largest absolute Gasteiger partial charge is 0.466 e. The van der Waals surface area contributed by atoms with Gasteiger partial charge in [0.1, 0.15) is 11.9 Å². The van der Waals surface area contributed by atoms with Crippen molar-refractivity contribution in [3.8, 4) is 0 Å². The van der Waals surface area contributed by atoms with Crippen LogP contribution in [0.25, 0.3) is 0 Å². The average Bonchev–Trinajstić information content (AvgIpc) is 3.31. The molecule has 2 aromatic rings. The summed E-state index contributed by atoms with van der Waals surface area (Å²) in [5.74, 6) is -1.51. The van der Waals surface area contributed by atoms with E-state index < -0.39 is 23.9 Å². The normalized spacial score (nSPS) is 15.8. The highest BCUT2D eigenvalue weighted by Gasteiger charge is 2.29. The molecule has 0 spiro atoms. The van der Waals surface area contributed by atoms with Gasteiger partial charge in [0, 0.05) is 36.7 Å². The van der Waals surface area contributed by atoms with Crippen molar-refractivity contribution in [2.75, 3.05) is 42.7 Å². The van der Waals surface area contributed by atoms with E-state index in [0.29, 0.717) is 30.6 Å². The maximum absolute atomic E-state index is 12.8. The van der Waals surface area contributed by atoms with E-state index in [1.54, 1.807) is 38.1 Å². The average molecular weight is 501 g/mol. The number of nitrogens with one attached hydrogen (secondary N) is 2. The predicted molar refractivity (Wildman–Crippen MR) is 133 cm³/mol. The minimum atomic E-state index is -0.974. The molecule has 1 aromatic carbocycles. The molecule has 12 heteroatoms. The molecule has 194 valence electrons. The molecule has 2 atom stereocenters. The Balaban J connectivity index is 1.64. The highest BCUT2D eigenvalue weighted by molar-refractivity contribution is 5.97. The maximum atomic E-state index is 12.8. The van der Waals surface area contributed by atoms with E-state index in [1.165, 1.54) is 0 Å². The molecular formula is C24H32N6O6. The first kappa shape index (κ1) is 26.5. The molecule has 2 unspecified atom stereocenters. The van der Waals surface area contributed by atoms with Gasteiger partial charge in [-0.2, -0.15) is 4.98 Å². The van der Waals surface area contributed by atoms with Gasteiger partial charge in [-0.3, -0.25) is 19.4 Å². The summed E-state index contributed by atoms with van der Waals surface area (Å²) in [6, 6.07) is 5.92. The summed E-state index contributed by atoms with van der Waals surface area (Å²) in [6.07, 6.45) is 0.755. The van der Waals surface area contributed by atoms with Crippen LogP contribution in [0.4, 0.5) is 17.5 Å². The Morgan fingerprint density at radius 2 is 1.86 bits per heavy atom. The summed E-state index contributed by atoms with van der Waals surface area (Å²) in [4.78, 5) is 57.6. The number of benzene rings is 1. The molecule has 1 fully saturated rings. The fraction of sp³-hybridized carbons (Fsp3) is 0.458. The number of anilines is 3. The molecule has 12 nitrogen and oxygen atoms in total. The third-order valence-corrected chi connectivity index (χ3v) is 5.91. The number of nitrogen functional groups attached to an aromatic ring is 2. The second kappa shape index (κ2) is 12.0. The van der Waals surface area contributed by atoms with Gasteiger partial charge in [0.2, 0.25) is 5.95 Å². The van der Waals surface area contributed by atoms with Crippen molar-refractivity contribution >= 4 is 35.3 Å². The van der Waals surface area contributed by atoms with Gasteiger partial charge in [0.25, 0.3) is 11.5 Å². The van der Waals surface area contributed by atoms with Gasteiger partial charge in [-0.1, -0.05) is 0 Å². The van der Waals surface area contributed by atoms with Crippen LogP contribution in [0.3, 0.4) is 0 Å². The summed E-state index contributed by atoms with van der Waals surface area (Å²) < 4.78 is 9.93. The lowest BCUT2D eigenvalue weighted by Crippen LogP contribution is -2.42. The van der Waals surface area contributed by atoms with Crippen molar-refractivity contribution in [1.82, 2.24) is 15.3 Å². The number of hydrogen-bond acceptors (Lipinski definition) is 10. The number of aromatic nitrogens is 2. The molecule has 1 amide bonds. The Hall–Kier alpha value is -4.09. The van der Waals surface area contributed by atoms with E-state index in [2.05, 4.69) is 20.2 Å². The van der Waals surface area contributed by atoms with Gasteiger partial charge in [0.15, 0.2) is 0 Å². The smallest absolute Gasteiger partial charge is 0.328 e. The number of rotatable bonds is 10. The van der Waals surface area contributed by atoms with Crippen LogP contribution in [-0.4, -0.2) is 60.2 Å². The van der Waals surface area contributed by atoms with Crippen molar-refractivity contribution < 1.29 is 23.9 Å². The number of hydrogen-bond donors (Lipinski definition) is 4. The van der Waals surface area contributed by atoms with Crippen LogP contribution in [0.1, 0.15) is 54.9 Å². The zero-order valence-electron chi connectivity index (χ0n) is 20.4. The number of carbonyl (C=O) groups excluding carboxylic acids is 3. The van der Waals surface area contributed by atoms with Gasteiger partial charge in [-0.15, -0.1) is 0 Å². The first-order valence-corrected chi connectivity index (χ1v) is 11.9. The summed E-state index contributed by atoms with van der Waals surface area (Å²) in [7, 11) is 0. The SMILES string of the molecule is CCOC(=O)CCC(NC(=O)c1ccc(N2CCC(c3c(N)nc(N)[nH]c3=O)C2)cc1)C(=O)OCC. The zero-order valence-corrected chi connectivity index (χ0v) is 20.4. The Morgan fingerprint density at radius 3 is 2.50 bits per heavy atom. The molecule has 1 aromatic heterocycles. The van der Waals surface area contributed by atoms with Crippen LogP contribution >= 0.6 is 0 Å². The van der Waals surface area contributed by atoms with Crippen molar-refractivity contribution in [2.45, 2.75) is 45.1 Å². The number of amides is 1. The highest BCUT2D eigenvalue weighted by Crippen LogP contribution is 2.31. The second-order valence-corrected chi connectivity index (χ2v) is 8.35. The lowest BCUT2D eigenvalue weighted by atomic mass is 10.0. The predicted octanol–water partition coefficient (Wildman–Crippen LogP) is 0.933.